The van der Waals surface area contributed by atoms with Gasteiger partial charge in [-0.15, -0.1) is 0 Å². The molecule has 0 fully saturated rings. The highest BCUT2D eigenvalue weighted by Gasteiger charge is 2.16. The molecule has 0 aliphatic heterocycles. The molecule has 1 aromatic carbocycles. The van der Waals surface area contributed by atoms with Crippen LogP contribution in [0.1, 0.15) is 49.4 Å². The average Bonchev–Trinajstić information content (AvgIpc) is 2.56. The highest BCUT2D eigenvalue weighted by Crippen LogP contribution is 2.24. The van der Waals surface area contributed by atoms with E-state index in [2.05, 4.69) is 31.6 Å². The number of ketones is 1. The van der Waals surface area contributed by atoms with Crippen molar-refractivity contribution in [3.63, 3.8) is 0 Å². The smallest absolute Gasteiger partial charge is 0.276 e. The van der Waals surface area contributed by atoms with Gasteiger partial charge in [0.1, 0.15) is 17.1 Å². The molecule has 2 rings (SSSR count). The molecule has 0 atom stereocenters. The third-order valence-electron chi connectivity index (χ3n) is 3.83. The van der Waals surface area contributed by atoms with E-state index in [-0.39, 0.29) is 23.5 Å². The highest BCUT2D eigenvalue weighted by molar-refractivity contribution is 5.98. The summed E-state index contributed by atoms with van der Waals surface area (Å²) in [7, 11) is 0. The minimum absolute atomic E-state index is 0.0337. The van der Waals surface area contributed by atoms with Gasteiger partial charge in [-0.2, -0.15) is 0 Å². The molecule has 0 saturated carbocycles. The standard InChI is InChI=1S/C20H24N2O5/c1-12-10-16(24)18(13(2)23)19(27-12)22-21-17(25)11-26-15-8-6-14(7-9-15)20(3,4)5/h6-10,22H,11H2,1-5H3,(H,21,25). The second-order valence-corrected chi connectivity index (χ2v) is 7.22. The maximum atomic E-state index is 12.0. The summed E-state index contributed by atoms with van der Waals surface area (Å²) in [5.41, 5.74) is 5.40. The van der Waals surface area contributed by atoms with E-state index >= 15 is 0 Å². The number of benzene rings is 1. The molecule has 1 aromatic heterocycles. The summed E-state index contributed by atoms with van der Waals surface area (Å²) in [6.07, 6.45) is 0. The number of hydrogen-bond donors (Lipinski definition) is 2. The Bertz CT molecular complexity index is 892. The average molecular weight is 372 g/mol. The van der Waals surface area contributed by atoms with Crippen LogP contribution < -0.4 is 21.0 Å². The number of carbonyl (C=O) groups is 2. The molecule has 27 heavy (non-hydrogen) atoms. The Kier molecular flexibility index (Phi) is 6.05. The van der Waals surface area contributed by atoms with Crippen LogP contribution in [0.2, 0.25) is 0 Å². The van der Waals surface area contributed by atoms with Crippen molar-refractivity contribution < 1.29 is 18.7 Å². The molecule has 0 aliphatic carbocycles. The maximum absolute atomic E-state index is 12.0. The van der Waals surface area contributed by atoms with Crippen LogP contribution in [0.15, 0.2) is 39.5 Å². The number of aryl methyl sites for hydroxylation is 1. The minimum atomic E-state index is -0.492. The zero-order chi connectivity index (χ0) is 20.2. The molecule has 0 radical (unpaired) electrons. The first-order chi connectivity index (χ1) is 12.6. The van der Waals surface area contributed by atoms with E-state index in [0.717, 1.165) is 5.56 Å². The van der Waals surface area contributed by atoms with Crippen molar-refractivity contribution in [2.75, 3.05) is 12.0 Å². The second-order valence-electron chi connectivity index (χ2n) is 7.22. The van der Waals surface area contributed by atoms with Crippen molar-refractivity contribution in [1.82, 2.24) is 5.43 Å². The second kappa shape index (κ2) is 8.07. The number of carbonyl (C=O) groups excluding carboxylic acids is 2. The Hall–Kier alpha value is -3.09. The van der Waals surface area contributed by atoms with Crippen LogP contribution in [-0.4, -0.2) is 18.3 Å². The molecular weight excluding hydrogens is 348 g/mol. The van der Waals surface area contributed by atoms with Crippen LogP contribution in [0.4, 0.5) is 5.88 Å². The minimum Gasteiger partial charge on any atom is -0.484 e. The molecule has 0 bridgehead atoms. The third kappa shape index (κ3) is 5.44. The lowest BCUT2D eigenvalue weighted by Gasteiger charge is -2.19. The van der Waals surface area contributed by atoms with Crippen molar-refractivity contribution in [3.8, 4) is 5.75 Å². The molecule has 0 aliphatic rings. The van der Waals surface area contributed by atoms with E-state index in [1.165, 1.54) is 13.0 Å². The van der Waals surface area contributed by atoms with Gasteiger partial charge >= 0.3 is 0 Å². The number of hydrazine groups is 1. The highest BCUT2D eigenvalue weighted by atomic mass is 16.5. The lowest BCUT2D eigenvalue weighted by Crippen LogP contribution is -2.35. The van der Waals surface area contributed by atoms with Gasteiger partial charge in [0.2, 0.25) is 5.88 Å². The number of anilines is 1. The van der Waals surface area contributed by atoms with Crippen molar-refractivity contribution in [2.45, 2.75) is 40.0 Å². The van der Waals surface area contributed by atoms with Crippen LogP contribution in [-0.2, 0) is 10.2 Å². The number of hydrogen-bond acceptors (Lipinski definition) is 6. The first kappa shape index (κ1) is 20.2. The van der Waals surface area contributed by atoms with Crippen LogP contribution in [0.3, 0.4) is 0 Å². The van der Waals surface area contributed by atoms with E-state index < -0.39 is 17.1 Å². The van der Waals surface area contributed by atoms with Gasteiger partial charge in [0.25, 0.3) is 5.91 Å². The molecule has 7 nitrogen and oxygen atoms in total. The van der Waals surface area contributed by atoms with Gasteiger partial charge in [-0.05, 0) is 37.0 Å². The fraction of sp³-hybridized carbons (Fsp3) is 0.350. The summed E-state index contributed by atoms with van der Waals surface area (Å²) < 4.78 is 10.8. The first-order valence-electron chi connectivity index (χ1n) is 8.52. The van der Waals surface area contributed by atoms with Crippen molar-refractivity contribution in [3.05, 3.63) is 57.4 Å². The van der Waals surface area contributed by atoms with E-state index in [1.807, 2.05) is 12.1 Å². The van der Waals surface area contributed by atoms with Gasteiger partial charge in [-0.3, -0.25) is 25.2 Å². The normalized spacial score (nSPS) is 11.0. The van der Waals surface area contributed by atoms with Gasteiger partial charge in [0.15, 0.2) is 17.8 Å². The van der Waals surface area contributed by atoms with E-state index in [0.29, 0.717) is 11.5 Å². The maximum Gasteiger partial charge on any atom is 0.276 e. The molecule has 7 heteroatoms. The van der Waals surface area contributed by atoms with Crippen LogP contribution in [0.5, 0.6) is 5.75 Å². The molecule has 0 spiro atoms. The van der Waals surface area contributed by atoms with Crippen molar-refractivity contribution >= 4 is 17.6 Å². The van der Waals surface area contributed by atoms with Gasteiger partial charge in [0.05, 0.1) is 0 Å². The summed E-state index contributed by atoms with van der Waals surface area (Å²) in [6.45, 7) is 8.91. The number of amides is 1. The Morgan fingerprint density at radius 3 is 2.33 bits per heavy atom. The Morgan fingerprint density at radius 2 is 1.78 bits per heavy atom. The van der Waals surface area contributed by atoms with Crippen molar-refractivity contribution in [2.24, 2.45) is 0 Å². The summed E-state index contributed by atoms with van der Waals surface area (Å²) >= 11 is 0. The third-order valence-corrected chi connectivity index (χ3v) is 3.83. The molecule has 2 N–H and O–H groups in total. The van der Waals surface area contributed by atoms with Crippen LogP contribution in [0, 0.1) is 6.92 Å². The van der Waals surface area contributed by atoms with E-state index in [4.69, 9.17) is 9.15 Å². The van der Waals surface area contributed by atoms with Gasteiger partial charge in [-0.25, -0.2) is 0 Å². The van der Waals surface area contributed by atoms with Gasteiger partial charge in [0, 0.05) is 6.07 Å². The number of Topliss-reactive ketones (excluding diaryl/α,β-unsaturated/α-hetero) is 1. The molecule has 1 amide bonds. The van der Waals surface area contributed by atoms with E-state index in [9.17, 15) is 14.4 Å². The fourth-order valence-electron chi connectivity index (χ4n) is 2.39. The van der Waals surface area contributed by atoms with Gasteiger partial charge < -0.3 is 9.15 Å². The SMILES string of the molecule is CC(=O)c1c(NNC(=O)COc2ccc(C(C)(C)C)cc2)oc(C)cc1=O. The largest absolute Gasteiger partial charge is 0.484 e. The number of nitrogens with one attached hydrogen (secondary N) is 2. The zero-order valence-electron chi connectivity index (χ0n) is 16.1. The summed E-state index contributed by atoms with van der Waals surface area (Å²) in [5, 5.41) is 0. The lowest BCUT2D eigenvalue weighted by atomic mass is 9.87. The molecule has 0 saturated heterocycles. The summed E-state index contributed by atoms with van der Waals surface area (Å²) in [6, 6.07) is 8.72. The van der Waals surface area contributed by atoms with Gasteiger partial charge in [-0.1, -0.05) is 32.9 Å². The molecule has 1 heterocycles. The van der Waals surface area contributed by atoms with Crippen molar-refractivity contribution in [1.29, 1.82) is 0 Å². The Balaban J connectivity index is 1.96. The topological polar surface area (TPSA) is 97.6 Å². The fourth-order valence-corrected chi connectivity index (χ4v) is 2.39. The predicted molar refractivity (Wildman–Crippen MR) is 102 cm³/mol. The lowest BCUT2D eigenvalue weighted by molar-refractivity contribution is -0.122. The Labute approximate surface area is 157 Å². The van der Waals surface area contributed by atoms with Crippen LogP contribution >= 0.6 is 0 Å². The Morgan fingerprint density at radius 1 is 1.15 bits per heavy atom. The molecule has 2 aromatic rings. The summed E-state index contributed by atoms with van der Waals surface area (Å²) in [4.78, 5) is 35.5. The molecular formula is C20H24N2O5. The monoisotopic (exact) mass is 372 g/mol. The van der Waals surface area contributed by atoms with Crippen LogP contribution in [0.25, 0.3) is 0 Å². The number of ether oxygens (including phenoxy) is 1. The molecule has 0 unspecified atom stereocenters. The van der Waals surface area contributed by atoms with E-state index in [1.54, 1.807) is 19.1 Å². The summed E-state index contributed by atoms with van der Waals surface area (Å²) in [5.74, 6) is -0.179. The predicted octanol–water partition coefficient (Wildman–Crippen LogP) is 2.97. The quantitative estimate of drug-likeness (QED) is 0.598. The zero-order valence-corrected chi connectivity index (χ0v) is 16.1. The number of rotatable bonds is 6. The first-order valence-corrected chi connectivity index (χ1v) is 8.52. The molecule has 144 valence electrons.